The Morgan fingerprint density at radius 1 is 0.641 bits per heavy atom. The lowest BCUT2D eigenvalue weighted by Gasteiger charge is -2.11. The average Bonchev–Trinajstić information content (AvgIpc) is 3.37. The zero-order chi connectivity index (χ0) is 26.7. The molecule has 4 aromatic heterocycles. The van der Waals surface area contributed by atoms with Gasteiger partial charge in [-0.05, 0) is 54.1 Å². The molecule has 0 aliphatic carbocycles. The van der Waals surface area contributed by atoms with Crippen LogP contribution in [0, 0.1) is 20.2 Å². The molecule has 7 aromatic rings. The van der Waals surface area contributed by atoms with E-state index in [1.54, 1.807) is 60.9 Å². The third-order valence-electron chi connectivity index (χ3n) is 6.86. The molecule has 3 aromatic carbocycles. The van der Waals surface area contributed by atoms with Gasteiger partial charge in [0.2, 0.25) is 0 Å². The highest BCUT2D eigenvalue weighted by Gasteiger charge is 2.24. The largest absolute Gasteiger partial charge is 0.277 e. The van der Waals surface area contributed by atoms with E-state index in [9.17, 15) is 20.2 Å². The number of nitro benzene ring substituents is 2. The second-order valence-electron chi connectivity index (χ2n) is 8.99. The molecule has 10 nitrogen and oxygen atoms in total. The molecule has 39 heavy (non-hydrogen) atoms. The monoisotopic (exact) mass is 512 g/mol. The van der Waals surface area contributed by atoms with Crippen molar-refractivity contribution in [2.45, 2.75) is 0 Å². The van der Waals surface area contributed by atoms with Gasteiger partial charge in [-0.1, -0.05) is 24.3 Å². The molecule has 0 saturated heterocycles. The van der Waals surface area contributed by atoms with Crippen LogP contribution in [0.4, 0.5) is 11.4 Å². The molecule has 0 spiro atoms. The van der Waals surface area contributed by atoms with E-state index in [0.717, 1.165) is 16.3 Å². The summed E-state index contributed by atoms with van der Waals surface area (Å²) < 4.78 is 1.89. The summed E-state index contributed by atoms with van der Waals surface area (Å²) in [5.74, 6) is 0. The van der Waals surface area contributed by atoms with Crippen molar-refractivity contribution in [2.75, 3.05) is 0 Å². The number of benzene rings is 3. The molecule has 0 aliphatic rings. The van der Waals surface area contributed by atoms with Crippen molar-refractivity contribution in [1.29, 1.82) is 0 Å². The van der Waals surface area contributed by atoms with Gasteiger partial charge in [-0.3, -0.25) is 29.6 Å². The summed E-state index contributed by atoms with van der Waals surface area (Å²) in [5.41, 5.74) is 4.65. The summed E-state index contributed by atoms with van der Waals surface area (Å²) in [7, 11) is 0. The molecule has 0 aliphatic heterocycles. The Morgan fingerprint density at radius 2 is 1.26 bits per heavy atom. The van der Waals surface area contributed by atoms with Crippen molar-refractivity contribution in [2.24, 2.45) is 0 Å². The Labute approximate surface area is 219 Å². The molecule has 4 heterocycles. The fraction of sp³-hybridized carbons (Fsp3) is 0. The zero-order valence-corrected chi connectivity index (χ0v) is 20.1. The molecule has 0 atom stereocenters. The number of fused-ring (bicyclic) bond motifs is 8. The second-order valence-corrected chi connectivity index (χ2v) is 8.99. The van der Waals surface area contributed by atoms with Crippen LogP contribution in [0.3, 0.4) is 0 Å². The Balaban J connectivity index is 1.72. The summed E-state index contributed by atoms with van der Waals surface area (Å²) in [6.07, 6.45) is 3.38. The topological polar surface area (TPSA) is 129 Å². The van der Waals surface area contributed by atoms with Crippen LogP contribution < -0.4 is 0 Å². The normalized spacial score (nSPS) is 11.5. The van der Waals surface area contributed by atoms with Crippen molar-refractivity contribution in [3.05, 3.63) is 118 Å². The van der Waals surface area contributed by atoms with Gasteiger partial charge in [-0.15, -0.1) is 0 Å². The van der Waals surface area contributed by atoms with E-state index in [1.807, 2.05) is 28.7 Å². The lowest BCUT2D eigenvalue weighted by Crippen LogP contribution is -1.98. The molecule has 0 N–H and O–H groups in total. The summed E-state index contributed by atoms with van der Waals surface area (Å²) >= 11 is 0. The van der Waals surface area contributed by atoms with Crippen LogP contribution in [0.15, 0.2) is 97.3 Å². The van der Waals surface area contributed by atoms with Crippen molar-refractivity contribution in [3.8, 4) is 22.3 Å². The minimum atomic E-state index is -0.440. The molecular formula is C29H16N6O4. The highest BCUT2D eigenvalue weighted by molar-refractivity contribution is 6.13. The molecule has 0 amide bonds. The zero-order valence-electron chi connectivity index (χ0n) is 20.1. The van der Waals surface area contributed by atoms with Gasteiger partial charge in [0, 0.05) is 40.9 Å². The number of nitro groups is 2. The summed E-state index contributed by atoms with van der Waals surface area (Å²) in [5, 5.41) is 25.6. The smallest absolute Gasteiger partial charge is 0.275 e. The number of pyridine rings is 3. The van der Waals surface area contributed by atoms with Crippen LogP contribution in [0.25, 0.3) is 60.9 Å². The van der Waals surface area contributed by atoms with Crippen LogP contribution in [0.2, 0.25) is 0 Å². The lowest BCUT2D eigenvalue weighted by molar-refractivity contribution is -0.384. The van der Waals surface area contributed by atoms with Crippen molar-refractivity contribution < 1.29 is 9.85 Å². The third-order valence-corrected chi connectivity index (χ3v) is 6.86. The maximum Gasteiger partial charge on any atom is 0.277 e. The fourth-order valence-corrected chi connectivity index (χ4v) is 5.26. The van der Waals surface area contributed by atoms with Crippen LogP contribution in [0.1, 0.15) is 0 Å². The van der Waals surface area contributed by atoms with Crippen molar-refractivity contribution in [3.63, 3.8) is 0 Å². The minimum absolute atomic E-state index is 0.0732. The predicted octanol–water partition coefficient (Wildman–Crippen LogP) is 6.73. The third kappa shape index (κ3) is 3.32. The summed E-state index contributed by atoms with van der Waals surface area (Å²) in [6, 6.07) is 23.9. The molecule has 0 bridgehead atoms. The van der Waals surface area contributed by atoms with E-state index in [-0.39, 0.29) is 11.4 Å². The predicted molar refractivity (Wildman–Crippen MR) is 147 cm³/mol. The van der Waals surface area contributed by atoms with Gasteiger partial charge < -0.3 is 0 Å². The Bertz CT molecular complexity index is 2150. The van der Waals surface area contributed by atoms with E-state index in [0.29, 0.717) is 44.6 Å². The van der Waals surface area contributed by atoms with Crippen LogP contribution >= 0.6 is 0 Å². The Morgan fingerprint density at radius 3 is 1.97 bits per heavy atom. The van der Waals surface area contributed by atoms with Crippen LogP contribution in [-0.4, -0.2) is 29.2 Å². The molecule has 7 rings (SSSR count). The van der Waals surface area contributed by atoms with Gasteiger partial charge in [0.05, 0.1) is 37.5 Å². The molecule has 0 radical (unpaired) electrons. The average molecular weight is 512 g/mol. The summed E-state index contributed by atoms with van der Waals surface area (Å²) in [4.78, 5) is 37.3. The van der Waals surface area contributed by atoms with E-state index in [4.69, 9.17) is 4.98 Å². The van der Waals surface area contributed by atoms with E-state index in [1.165, 1.54) is 12.1 Å². The first-order chi connectivity index (χ1) is 19.0. The van der Waals surface area contributed by atoms with Gasteiger partial charge in [0.25, 0.3) is 11.4 Å². The molecule has 10 heteroatoms. The number of para-hydroxylation sites is 2. The first-order valence-electron chi connectivity index (χ1n) is 12.0. The van der Waals surface area contributed by atoms with Gasteiger partial charge in [-0.2, -0.15) is 0 Å². The number of hydrogen-bond acceptors (Lipinski definition) is 7. The highest BCUT2D eigenvalue weighted by Crippen LogP contribution is 2.42. The lowest BCUT2D eigenvalue weighted by atomic mass is 9.95. The molecule has 0 saturated carbocycles. The number of aromatic nitrogens is 4. The second kappa shape index (κ2) is 8.38. The summed E-state index contributed by atoms with van der Waals surface area (Å²) in [6.45, 7) is 0. The minimum Gasteiger partial charge on any atom is -0.275 e. The molecule has 0 unspecified atom stereocenters. The standard InChI is InChI=1S/C29H16N6O4/c36-34(37)24-11-3-1-7-18(24)17-15-22(19-8-2-4-12-25(19)35(38)39)27-23(16-17)32-29-21-10-5-13-30-26(21)20-9-6-14-31-28(20)33(27)29/h1-16H. The van der Waals surface area contributed by atoms with Crippen LogP contribution in [0.5, 0.6) is 0 Å². The molecular weight excluding hydrogens is 496 g/mol. The van der Waals surface area contributed by atoms with Gasteiger partial charge in [0.1, 0.15) is 11.3 Å². The van der Waals surface area contributed by atoms with E-state index in [2.05, 4.69) is 9.97 Å². The van der Waals surface area contributed by atoms with Crippen molar-refractivity contribution >= 4 is 50.0 Å². The van der Waals surface area contributed by atoms with E-state index < -0.39 is 9.85 Å². The fourth-order valence-electron chi connectivity index (χ4n) is 5.26. The SMILES string of the molecule is O=[N+]([O-])c1ccccc1-c1cc(-c2ccccc2[N+](=O)[O-])c2c(c1)nc1c3cccnc3c3cccnc3n12. The van der Waals surface area contributed by atoms with Crippen LogP contribution in [-0.2, 0) is 0 Å². The van der Waals surface area contributed by atoms with E-state index >= 15 is 0 Å². The number of imidazole rings is 1. The first kappa shape index (κ1) is 22.4. The number of hydrogen-bond donors (Lipinski definition) is 0. The molecule has 186 valence electrons. The Kier molecular flexibility index (Phi) is 4.82. The maximum absolute atomic E-state index is 12.1. The highest BCUT2D eigenvalue weighted by atomic mass is 16.6. The molecule has 0 fully saturated rings. The van der Waals surface area contributed by atoms with Crippen molar-refractivity contribution in [1.82, 2.24) is 19.4 Å². The van der Waals surface area contributed by atoms with Gasteiger partial charge >= 0.3 is 0 Å². The Hall–Kier alpha value is -5.77. The maximum atomic E-state index is 12.1. The number of nitrogens with zero attached hydrogens (tertiary/aromatic N) is 6. The first-order valence-corrected chi connectivity index (χ1v) is 12.0. The number of rotatable bonds is 4. The van der Waals surface area contributed by atoms with Gasteiger partial charge in [-0.25, -0.2) is 9.97 Å². The van der Waals surface area contributed by atoms with Gasteiger partial charge in [0.15, 0.2) is 0 Å². The quantitative estimate of drug-likeness (QED) is 0.145.